The molecule has 1 aromatic heterocycles. The summed E-state index contributed by atoms with van der Waals surface area (Å²) in [6.07, 6.45) is 0.977. The first-order chi connectivity index (χ1) is 7.28. The molecule has 1 unspecified atom stereocenters. The lowest BCUT2D eigenvalue weighted by molar-refractivity contribution is 0.207. The van der Waals surface area contributed by atoms with E-state index in [9.17, 15) is 0 Å². The van der Waals surface area contributed by atoms with Gasteiger partial charge < -0.3 is 8.84 Å². The summed E-state index contributed by atoms with van der Waals surface area (Å²) >= 11 is 0. The number of nitriles is 1. The van der Waals surface area contributed by atoms with Gasteiger partial charge >= 0.3 is 0 Å². The van der Waals surface area contributed by atoms with Crippen LogP contribution < -0.4 is 0 Å². The fourth-order valence-corrected chi connectivity index (χ4v) is 2.17. The van der Waals surface area contributed by atoms with Crippen molar-refractivity contribution in [2.75, 3.05) is 0 Å². The second-order valence-electron chi connectivity index (χ2n) is 5.40. The quantitative estimate of drug-likeness (QED) is 0.750. The van der Waals surface area contributed by atoms with Crippen molar-refractivity contribution >= 4 is 8.32 Å². The Kier molecular flexibility index (Phi) is 3.61. The molecule has 1 rings (SSSR count). The van der Waals surface area contributed by atoms with Gasteiger partial charge in [0.2, 0.25) is 0 Å². The molecule has 0 radical (unpaired) electrons. The Balaban J connectivity index is 2.84. The lowest BCUT2D eigenvalue weighted by Gasteiger charge is -2.37. The van der Waals surface area contributed by atoms with Crippen LogP contribution in [0.5, 0.6) is 0 Å². The number of furan rings is 1. The van der Waals surface area contributed by atoms with Crippen LogP contribution in [-0.2, 0) is 4.43 Å². The Bertz CT molecular complexity index is 371. The lowest BCUT2D eigenvalue weighted by Crippen LogP contribution is -2.41. The maximum atomic E-state index is 9.11. The molecule has 88 valence electrons. The Morgan fingerprint density at radius 1 is 1.44 bits per heavy atom. The smallest absolute Gasteiger partial charge is 0.194 e. The van der Waals surface area contributed by atoms with Crippen LogP contribution in [0.1, 0.15) is 32.6 Å². The zero-order chi connectivity index (χ0) is 12.4. The van der Waals surface area contributed by atoms with Crippen molar-refractivity contribution in [3.8, 4) is 6.07 Å². The highest BCUT2D eigenvalue weighted by atomic mass is 28.4. The molecule has 4 heteroatoms. The van der Waals surface area contributed by atoms with Gasteiger partial charge in [-0.05, 0) is 30.3 Å². The highest BCUT2D eigenvalue weighted by Gasteiger charge is 2.40. The van der Waals surface area contributed by atoms with Crippen LogP contribution in [-0.4, -0.2) is 8.32 Å². The standard InChI is InChI=1S/C12H19NO2Si/c1-12(2,3)16(4,5)15-11(9-13)10-7-6-8-14-10/h6-8,11H,1-5H3. The molecule has 1 heterocycles. The van der Waals surface area contributed by atoms with Crippen molar-refractivity contribution in [2.45, 2.75) is 45.0 Å². The minimum atomic E-state index is -1.93. The zero-order valence-corrected chi connectivity index (χ0v) is 11.6. The SMILES string of the molecule is CC(C)(C)[Si](C)(C)OC(C#N)c1ccco1. The summed E-state index contributed by atoms with van der Waals surface area (Å²) in [7, 11) is -1.93. The normalized spacial score (nSPS) is 14.5. The second kappa shape index (κ2) is 4.44. The third-order valence-electron chi connectivity index (χ3n) is 3.14. The maximum Gasteiger partial charge on any atom is 0.194 e. The van der Waals surface area contributed by atoms with E-state index in [0.29, 0.717) is 5.76 Å². The number of rotatable bonds is 3. The molecule has 16 heavy (non-hydrogen) atoms. The third kappa shape index (κ3) is 2.74. The third-order valence-corrected chi connectivity index (χ3v) is 7.57. The predicted molar refractivity (Wildman–Crippen MR) is 65.3 cm³/mol. The number of hydrogen-bond donors (Lipinski definition) is 0. The van der Waals surface area contributed by atoms with E-state index in [4.69, 9.17) is 14.1 Å². The van der Waals surface area contributed by atoms with E-state index in [1.165, 1.54) is 0 Å². The van der Waals surface area contributed by atoms with Crippen LogP contribution in [0.25, 0.3) is 0 Å². The van der Waals surface area contributed by atoms with Crippen molar-refractivity contribution in [3.05, 3.63) is 24.2 Å². The molecule has 0 spiro atoms. The van der Waals surface area contributed by atoms with E-state index in [-0.39, 0.29) is 5.04 Å². The summed E-state index contributed by atoms with van der Waals surface area (Å²) < 4.78 is 11.2. The van der Waals surface area contributed by atoms with Gasteiger partial charge in [-0.2, -0.15) is 5.26 Å². The zero-order valence-electron chi connectivity index (χ0n) is 10.6. The Morgan fingerprint density at radius 2 is 2.06 bits per heavy atom. The van der Waals surface area contributed by atoms with E-state index in [0.717, 1.165) is 0 Å². The molecule has 0 saturated carbocycles. The van der Waals surface area contributed by atoms with Gasteiger partial charge in [-0.3, -0.25) is 0 Å². The monoisotopic (exact) mass is 237 g/mol. The van der Waals surface area contributed by atoms with Crippen LogP contribution in [0.3, 0.4) is 0 Å². The van der Waals surface area contributed by atoms with Gasteiger partial charge in [-0.25, -0.2) is 0 Å². The maximum absolute atomic E-state index is 9.11. The van der Waals surface area contributed by atoms with Gasteiger partial charge in [0.25, 0.3) is 0 Å². The van der Waals surface area contributed by atoms with Crippen LogP contribution in [0.4, 0.5) is 0 Å². The van der Waals surface area contributed by atoms with Crippen LogP contribution in [0.15, 0.2) is 22.8 Å². The Hall–Kier alpha value is -1.05. The summed E-state index contributed by atoms with van der Waals surface area (Å²) in [6.45, 7) is 10.7. The van der Waals surface area contributed by atoms with E-state index in [2.05, 4.69) is 39.9 Å². The largest absolute Gasteiger partial charge is 0.465 e. The topological polar surface area (TPSA) is 46.2 Å². The molecule has 0 aromatic carbocycles. The minimum Gasteiger partial charge on any atom is -0.465 e. The molecule has 0 aliphatic heterocycles. The van der Waals surface area contributed by atoms with E-state index >= 15 is 0 Å². The molecule has 0 bridgehead atoms. The van der Waals surface area contributed by atoms with E-state index in [1.807, 2.05) is 0 Å². The molecule has 0 fully saturated rings. The first kappa shape index (κ1) is 13.0. The highest BCUT2D eigenvalue weighted by Crippen LogP contribution is 2.39. The summed E-state index contributed by atoms with van der Waals surface area (Å²) in [5, 5.41) is 9.21. The molecule has 0 saturated heterocycles. The van der Waals surface area contributed by atoms with Crippen LogP contribution in [0.2, 0.25) is 18.1 Å². The number of nitrogens with zero attached hydrogens (tertiary/aromatic N) is 1. The molecule has 0 N–H and O–H groups in total. The summed E-state index contributed by atoms with van der Waals surface area (Å²) in [5.74, 6) is 0.590. The molecule has 3 nitrogen and oxygen atoms in total. The summed E-state index contributed by atoms with van der Waals surface area (Å²) in [4.78, 5) is 0. The molecular weight excluding hydrogens is 218 g/mol. The molecule has 1 aromatic rings. The van der Waals surface area contributed by atoms with Crippen molar-refractivity contribution < 1.29 is 8.84 Å². The average molecular weight is 237 g/mol. The molecular formula is C12H19NO2Si. The Morgan fingerprint density at radius 3 is 2.44 bits per heavy atom. The Labute approximate surface area is 98.2 Å². The summed E-state index contributed by atoms with van der Waals surface area (Å²) in [6, 6.07) is 5.70. The van der Waals surface area contributed by atoms with Gasteiger partial charge in [-0.15, -0.1) is 0 Å². The van der Waals surface area contributed by atoms with Crippen molar-refractivity contribution in [1.82, 2.24) is 0 Å². The predicted octanol–water partition coefficient (Wildman–Crippen LogP) is 3.87. The number of hydrogen-bond acceptors (Lipinski definition) is 3. The minimum absolute atomic E-state index is 0.0920. The average Bonchev–Trinajstić information content (AvgIpc) is 2.65. The van der Waals surface area contributed by atoms with Crippen molar-refractivity contribution in [1.29, 1.82) is 5.26 Å². The fourth-order valence-electron chi connectivity index (χ4n) is 1.06. The van der Waals surface area contributed by atoms with Gasteiger partial charge in [-0.1, -0.05) is 20.8 Å². The second-order valence-corrected chi connectivity index (χ2v) is 10.2. The highest BCUT2D eigenvalue weighted by molar-refractivity contribution is 6.74. The molecule has 0 amide bonds. The van der Waals surface area contributed by atoms with Gasteiger partial charge in [0.15, 0.2) is 14.4 Å². The molecule has 0 aliphatic rings. The van der Waals surface area contributed by atoms with Crippen LogP contribution >= 0.6 is 0 Å². The molecule has 0 aliphatic carbocycles. The van der Waals surface area contributed by atoms with E-state index in [1.54, 1.807) is 18.4 Å². The summed E-state index contributed by atoms with van der Waals surface area (Å²) in [5.41, 5.74) is 0. The van der Waals surface area contributed by atoms with Gasteiger partial charge in [0.05, 0.1) is 6.26 Å². The van der Waals surface area contributed by atoms with E-state index < -0.39 is 14.4 Å². The van der Waals surface area contributed by atoms with Gasteiger partial charge in [0, 0.05) is 0 Å². The fraction of sp³-hybridized carbons (Fsp3) is 0.583. The van der Waals surface area contributed by atoms with Gasteiger partial charge in [0.1, 0.15) is 11.8 Å². The first-order valence-electron chi connectivity index (χ1n) is 5.39. The lowest BCUT2D eigenvalue weighted by atomic mass is 10.2. The molecule has 1 atom stereocenters. The van der Waals surface area contributed by atoms with Crippen LogP contribution in [0, 0.1) is 11.3 Å². The first-order valence-corrected chi connectivity index (χ1v) is 8.29. The van der Waals surface area contributed by atoms with Crippen molar-refractivity contribution in [3.63, 3.8) is 0 Å². The van der Waals surface area contributed by atoms with Crippen molar-refractivity contribution in [2.24, 2.45) is 0 Å².